The minimum Gasteiger partial charge on any atom is -0.333 e. The first-order valence-electron chi connectivity index (χ1n) is 6.58. The van der Waals surface area contributed by atoms with Gasteiger partial charge in [-0.25, -0.2) is 9.78 Å². The van der Waals surface area contributed by atoms with Gasteiger partial charge in [-0.15, -0.1) is 0 Å². The van der Waals surface area contributed by atoms with E-state index in [0.717, 1.165) is 25.5 Å². The van der Waals surface area contributed by atoms with Crippen LogP contribution >= 0.6 is 0 Å². The third kappa shape index (κ3) is 3.26. The van der Waals surface area contributed by atoms with Crippen molar-refractivity contribution in [2.75, 3.05) is 41.3 Å². The molecule has 0 saturated carbocycles. The number of hydrogen-bond acceptors (Lipinski definition) is 3. The number of rotatable bonds is 2. The topological polar surface area (TPSA) is 44.6 Å². The highest BCUT2D eigenvalue weighted by Crippen LogP contribution is 2.16. The fraction of sp³-hybridized carbons (Fsp3) is 0.692. The summed E-state index contributed by atoms with van der Waals surface area (Å²) >= 11 is 0. The van der Waals surface area contributed by atoms with Crippen molar-refractivity contribution in [3.63, 3.8) is 0 Å². The van der Waals surface area contributed by atoms with Crippen LogP contribution < -0.4 is 0 Å². The second-order valence-electron chi connectivity index (χ2n) is 5.68. The molecular weight excluding hydrogens is 242 g/mol. The number of carbonyl (C=O) groups is 1. The first kappa shape index (κ1) is 13.9. The van der Waals surface area contributed by atoms with Crippen molar-refractivity contribution in [3.8, 4) is 0 Å². The van der Waals surface area contributed by atoms with Crippen molar-refractivity contribution < 1.29 is 4.79 Å². The summed E-state index contributed by atoms with van der Waals surface area (Å²) in [4.78, 5) is 22.3. The molecule has 2 amide bonds. The zero-order chi connectivity index (χ0) is 14.0. The van der Waals surface area contributed by atoms with Crippen LogP contribution in [0.1, 0.15) is 5.82 Å². The Hall–Kier alpha value is -1.56. The molecule has 1 aromatic heterocycles. The van der Waals surface area contributed by atoms with Crippen molar-refractivity contribution in [3.05, 3.63) is 18.2 Å². The monoisotopic (exact) mass is 265 g/mol. The molecule has 0 N–H and O–H groups in total. The van der Waals surface area contributed by atoms with E-state index in [9.17, 15) is 4.79 Å². The summed E-state index contributed by atoms with van der Waals surface area (Å²) in [5.41, 5.74) is 0. The van der Waals surface area contributed by atoms with Crippen LogP contribution in [0, 0.1) is 5.92 Å². The molecule has 1 aromatic rings. The van der Waals surface area contributed by atoms with Gasteiger partial charge in [0.2, 0.25) is 0 Å². The van der Waals surface area contributed by atoms with Crippen molar-refractivity contribution >= 4 is 6.03 Å². The average Bonchev–Trinajstić information content (AvgIpc) is 2.66. The lowest BCUT2D eigenvalue weighted by molar-refractivity contribution is 0.154. The Morgan fingerprint density at radius 2 is 2.11 bits per heavy atom. The minimum atomic E-state index is 0.0557. The van der Waals surface area contributed by atoms with Crippen molar-refractivity contribution in [2.24, 2.45) is 5.92 Å². The molecule has 19 heavy (non-hydrogen) atoms. The quantitative estimate of drug-likeness (QED) is 0.785. The van der Waals surface area contributed by atoms with Gasteiger partial charge in [0.25, 0.3) is 0 Å². The van der Waals surface area contributed by atoms with E-state index in [1.165, 1.54) is 0 Å². The molecule has 1 atom stereocenters. The van der Waals surface area contributed by atoms with Gasteiger partial charge in [0, 0.05) is 52.0 Å². The van der Waals surface area contributed by atoms with Gasteiger partial charge in [0.05, 0.1) is 6.54 Å². The molecule has 106 valence electrons. The summed E-state index contributed by atoms with van der Waals surface area (Å²) in [6.07, 6.45) is 3.81. The van der Waals surface area contributed by atoms with E-state index in [4.69, 9.17) is 0 Å². The smallest absolute Gasteiger partial charge is 0.319 e. The number of carbonyl (C=O) groups excluding carboxylic acids is 1. The maximum atomic E-state index is 12.2. The number of nitrogens with zero attached hydrogens (tertiary/aromatic N) is 5. The van der Waals surface area contributed by atoms with Gasteiger partial charge in [0.1, 0.15) is 5.82 Å². The number of fused-ring (bicyclic) bond motifs is 1. The number of urea groups is 1. The fourth-order valence-electron chi connectivity index (χ4n) is 2.60. The molecule has 0 unspecified atom stereocenters. The largest absolute Gasteiger partial charge is 0.333 e. The summed E-state index contributed by atoms with van der Waals surface area (Å²) < 4.78 is 2.16. The van der Waals surface area contributed by atoms with Gasteiger partial charge < -0.3 is 19.3 Å². The van der Waals surface area contributed by atoms with E-state index in [2.05, 4.69) is 28.5 Å². The fourth-order valence-corrected chi connectivity index (χ4v) is 2.60. The minimum absolute atomic E-state index is 0.0557. The SMILES string of the molecule is CN(C)C[C@H]1CN(C(=O)N(C)C)Cc2nccn2C1. The van der Waals surface area contributed by atoms with E-state index >= 15 is 0 Å². The molecule has 0 fully saturated rings. The summed E-state index contributed by atoms with van der Waals surface area (Å²) in [5, 5.41) is 0. The van der Waals surface area contributed by atoms with Crippen LogP contribution in [-0.4, -0.2) is 71.6 Å². The number of aromatic nitrogens is 2. The van der Waals surface area contributed by atoms with Crippen LogP contribution in [0.15, 0.2) is 12.4 Å². The average molecular weight is 265 g/mol. The zero-order valence-electron chi connectivity index (χ0n) is 12.2. The van der Waals surface area contributed by atoms with E-state index in [1.54, 1.807) is 19.0 Å². The van der Waals surface area contributed by atoms with Crippen molar-refractivity contribution in [1.29, 1.82) is 0 Å². The molecule has 2 heterocycles. The third-order valence-corrected chi connectivity index (χ3v) is 3.34. The number of amides is 2. The van der Waals surface area contributed by atoms with E-state index < -0.39 is 0 Å². The Kier molecular flexibility index (Phi) is 4.09. The maximum absolute atomic E-state index is 12.2. The number of hydrogen-bond donors (Lipinski definition) is 0. The molecule has 0 saturated heterocycles. The highest BCUT2D eigenvalue weighted by Gasteiger charge is 2.26. The van der Waals surface area contributed by atoms with Gasteiger partial charge in [-0.2, -0.15) is 0 Å². The first-order valence-corrected chi connectivity index (χ1v) is 6.58. The second-order valence-corrected chi connectivity index (χ2v) is 5.68. The first-order chi connectivity index (χ1) is 8.97. The van der Waals surface area contributed by atoms with Crippen LogP contribution in [0.3, 0.4) is 0 Å². The van der Waals surface area contributed by atoms with E-state index in [1.807, 2.05) is 17.3 Å². The Labute approximate surface area is 114 Å². The lowest BCUT2D eigenvalue weighted by Gasteiger charge is -2.28. The van der Waals surface area contributed by atoms with Gasteiger partial charge in [-0.3, -0.25) is 0 Å². The molecule has 1 aliphatic heterocycles. The standard InChI is InChI=1S/C13H23N5O/c1-15(2)7-11-8-17-6-5-14-12(17)10-18(9-11)13(19)16(3)4/h5-6,11H,7-10H2,1-4H3/t11-/m1/s1. The van der Waals surface area contributed by atoms with Gasteiger partial charge in [-0.1, -0.05) is 0 Å². The molecule has 0 radical (unpaired) electrons. The highest BCUT2D eigenvalue weighted by atomic mass is 16.2. The predicted molar refractivity (Wildman–Crippen MR) is 73.8 cm³/mol. The summed E-state index contributed by atoms with van der Waals surface area (Å²) in [5.74, 6) is 1.39. The zero-order valence-corrected chi connectivity index (χ0v) is 12.2. The Balaban J connectivity index is 2.20. The van der Waals surface area contributed by atoms with Crippen LogP contribution in [0.25, 0.3) is 0 Å². The summed E-state index contributed by atoms with van der Waals surface area (Å²) in [7, 11) is 7.72. The van der Waals surface area contributed by atoms with E-state index in [-0.39, 0.29) is 6.03 Å². The highest BCUT2D eigenvalue weighted by molar-refractivity contribution is 5.73. The lowest BCUT2D eigenvalue weighted by atomic mass is 10.1. The Bertz CT molecular complexity index is 440. The van der Waals surface area contributed by atoms with E-state index in [0.29, 0.717) is 12.5 Å². The summed E-state index contributed by atoms with van der Waals surface area (Å²) in [6.45, 7) is 3.26. The Morgan fingerprint density at radius 1 is 1.37 bits per heavy atom. The van der Waals surface area contributed by atoms with Crippen LogP contribution in [0.5, 0.6) is 0 Å². The van der Waals surface area contributed by atoms with Crippen LogP contribution in [0.2, 0.25) is 0 Å². The maximum Gasteiger partial charge on any atom is 0.319 e. The number of imidazole rings is 1. The lowest BCUT2D eigenvalue weighted by Crippen LogP contribution is -2.42. The van der Waals surface area contributed by atoms with Crippen LogP contribution in [-0.2, 0) is 13.1 Å². The van der Waals surface area contributed by atoms with Gasteiger partial charge >= 0.3 is 6.03 Å². The third-order valence-electron chi connectivity index (χ3n) is 3.34. The van der Waals surface area contributed by atoms with Gasteiger partial charge in [0.15, 0.2) is 0 Å². The molecule has 0 aliphatic carbocycles. The predicted octanol–water partition coefficient (Wildman–Crippen LogP) is 0.558. The molecule has 6 nitrogen and oxygen atoms in total. The normalized spacial score (nSPS) is 19.2. The van der Waals surface area contributed by atoms with Crippen LogP contribution in [0.4, 0.5) is 4.79 Å². The molecule has 0 spiro atoms. The van der Waals surface area contributed by atoms with Crippen molar-refractivity contribution in [2.45, 2.75) is 13.1 Å². The summed E-state index contributed by atoms with van der Waals surface area (Å²) in [6, 6.07) is 0.0557. The molecule has 0 aromatic carbocycles. The molecule has 1 aliphatic rings. The molecular formula is C13H23N5O. The van der Waals surface area contributed by atoms with Gasteiger partial charge in [-0.05, 0) is 14.1 Å². The Morgan fingerprint density at radius 3 is 2.74 bits per heavy atom. The second kappa shape index (κ2) is 5.61. The molecule has 2 rings (SSSR count). The molecule has 0 bridgehead atoms. The van der Waals surface area contributed by atoms with Crippen molar-refractivity contribution in [1.82, 2.24) is 24.3 Å². The molecule has 6 heteroatoms.